The Morgan fingerprint density at radius 2 is 1.51 bits per heavy atom. The van der Waals surface area contributed by atoms with Crippen molar-refractivity contribution in [2.24, 2.45) is 11.8 Å². The zero-order chi connectivity index (χ0) is 33.7. The van der Waals surface area contributed by atoms with Crippen molar-refractivity contribution in [2.45, 2.75) is 167 Å². The second-order valence-electron chi connectivity index (χ2n) is 14.5. The molecule has 0 saturated carbocycles. The van der Waals surface area contributed by atoms with E-state index in [2.05, 4.69) is 11.9 Å². The van der Waals surface area contributed by atoms with Crippen molar-refractivity contribution in [1.29, 1.82) is 0 Å². The van der Waals surface area contributed by atoms with Crippen LogP contribution in [0, 0.1) is 11.8 Å². The third kappa shape index (κ3) is 12.0. The summed E-state index contributed by atoms with van der Waals surface area (Å²) in [5.41, 5.74) is 4.60. The van der Waals surface area contributed by atoms with E-state index in [1.807, 2.05) is 33.9 Å². The number of rotatable bonds is 22. The van der Waals surface area contributed by atoms with Gasteiger partial charge in [0.1, 0.15) is 5.82 Å². The maximum absolute atomic E-state index is 16.2. The van der Waals surface area contributed by atoms with Crippen molar-refractivity contribution in [1.82, 2.24) is 9.55 Å². The van der Waals surface area contributed by atoms with Crippen LogP contribution in [0.5, 0.6) is 0 Å². The zero-order valence-corrected chi connectivity index (χ0v) is 29.8. The Bertz CT molecular complexity index is 1080. The number of ether oxygens (including phenoxy) is 1. The highest BCUT2D eigenvalue weighted by atomic mass is 28.4. The molecule has 0 amide bonds. The maximum Gasteiger partial charge on any atom is 0.351 e. The van der Waals surface area contributed by atoms with Gasteiger partial charge >= 0.3 is 11.7 Å². The second-order valence-corrected chi connectivity index (χ2v) is 19.3. The highest BCUT2D eigenvalue weighted by molar-refractivity contribution is 6.74. The van der Waals surface area contributed by atoms with Crippen molar-refractivity contribution in [3.63, 3.8) is 0 Å². The van der Waals surface area contributed by atoms with E-state index in [0.29, 0.717) is 11.0 Å². The van der Waals surface area contributed by atoms with Crippen LogP contribution in [0.2, 0.25) is 18.1 Å². The first-order chi connectivity index (χ1) is 21.1. The minimum atomic E-state index is -3.65. The number of carbonyl (C=O) groups is 1. The van der Waals surface area contributed by atoms with E-state index in [4.69, 9.17) is 14.9 Å². The Kier molecular flexibility index (Phi) is 16.1. The van der Waals surface area contributed by atoms with Gasteiger partial charge in [0.25, 0.3) is 5.92 Å². The van der Waals surface area contributed by atoms with Gasteiger partial charge in [-0.3, -0.25) is 9.36 Å². The van der Waals surface area contributed by atoms with Crippen molar-refractivity contribution in [3.8, 4) is 0 Å². The molecule has 3 N–H and O–H groups in total. The number of aromatic nitrogens is 2. The topological polar surface area (TPSA) is 117 Å². The van der Waals surface area contributed by atoms with E-state index in [0.717, 1.165) is 31.9 Å². The molecule has 45 heavy (non-hydrogen) atoms. The van der Waals surface area contributed by atoms with E-state index in [-0.39, 0.29) is 23.9 Å². The van der Waals surface area contributed by atoms with Gasteiger partial charge in [0.2, 0.25) is 6.23 Å². The smallest absolute Gasteiger partial charge is 0.351 e. The molecule has 0 aromatic carbocycles. The van der Waals surface area contributed by atoms with Crippen LogP contribution in [0.15, 0.2) is 17.1 Å². The summed E-state index contributed by atoms with van der Waals surface area (Å²) < 4.78 is 45.2. The normalized spacial score (nSPS) is 20.8. The number of nitrogens with two attached hydrogens (primary N) is 1. The van der Waals surface area contributed by atoms with Gasteiger partial charge in [0, 0.05) is 6.20 Å². The van der Waals surface area contributed by atoms with Crippen molar-refractivity contribution in [2.75, 3.05) is 12.3 Å². The lowest BCUT2D eigenvalue weighted by Gasteiger charge is -2.37. The third-order valence-electron chi connectivity index (χ3n) is 9.87. The Morgan fingerprint density at radius 3 is 1.96 bits per heavy atom. The molecule has 1 saturated heterocycles. The molecule has 1 aliphatic heterocycles. The van der Waals surface area contributed by atoms with Crippen LogP contribution in [-0.4, -0.2) is 47.6 Å². The van der Waals surface area contributed by atoms with E-state index < -0.39 is 50.1 Å². The number of carboxylic acids is 1. The van der Waals surface area contributed by atoms with Gasteiger partial charge in [0.05, 0.1) is 24.5 Å². The lowest BCUT2D eigenvalue weighted by molar-refractivity contribution is -0.156. The first-order valence-corrected chi connectivity index (χ1v) is 20.3. The lowest BCUT2D eigenvalue weighted by Crippen LogP contribution is -2.47. The number of hydrogen-bond acceptors (Lipinski definition) is 6. The number of anilines is 1. The van der Waals surface area contributed by atoms with Crippen LogP contribution < -0.4 is 11.4 Å². The van der Waals surface area contributed by atoms with Gasteiger partial charge in [-0.2, -0.15) is 4.98 Å². The van der Waals surface area contributed by atoms with Gasteiger partial charge in [0.15, 0.2) is 8.32 Å². The SMILES string of the molecule is CCCCCCCCCCCCCCCCCC(C(=O)O)[C@@H]1C(CO[Si](C)(C)C(C)(C)C)O[C@@H](n2ccc(N)nc2=O)C1(F)F. The van der Waals surface area contributed by atoms with Crippen molar-refractivity contribution in [3.05, 3.63) is 22.7 Å². The number of carboxylic acid groups (broad SMARTS) is 1. The summed E-state index contributed by atoms with van der Waals surface area (Å²) in [6.07, 6.45) is 15.6. The number of nitrogen functional groups attached to an aromatic ring is 1. The minimum absolute atomic E-state index is 0.0940. The average Bonchev–Trinajstić information content (AvgIpc) is 3.20. The summed E-state index contributed by atoms with van der Waals surface area (Å²) in [7, 11) is -2.36. The minimum Gasteiger partial charge on any atom is -0.481 e. The van der Waals surface area contributed by atoms with Gasteiger partial charge in [-0.25, -0.2) is 13.6 Å². The van der Waals surface area contributed by atoms with Crippen LogP contribution in [0.25, 0.3) is 0 Å². The number of unbranched alkanes of at least 4 members (excludes halogenated alkanes) is 14. The molecule has 8 nitrogen and oxygen atoms in total. The second kappa shape index (κ2) is 18.5. The van der Waals surface area contributed by atoms with Crippen LogP contribution in [0.4, 0.5) is 14.6 Å². The molecular formula is C34H61F2N3O5Si. The van der Waals surface area contributed by atoms with Crippen LogP contribution in [0.1, 0.15) is 137 Å². The lowest BCUT2D eigenvalue weighted by atomic mass is 9.80. The predicted molar refractivity (Wildman–Crippen MR) is 179 cm³/mol. The predicted octanol–water partition coefficient (Wildman–Crippen LogP) is 8.96. The standard InChI is InChI=1S/C34H61F2N3O5Si/c1-7-8-9-10-11-12-13-14-15-16-17-18-19-20-21-22-26(30(40)41)29-27(25-43-45(5,6)33(2,3)4)44-31(34(29,35)36)39-24-23-28(37)38-32(39)42/h23-24,26-27,29,31H,7-22,25H2,1-6H3,(H,40,41)(H2,37,38,42)/t26?,27?,29-,31-/m1/s1. The van der Waals surface area contributed by atoms with E-state index in [1.54, 1.807) is 0 Å². The van der Waals surface area contributed by atoms with E-state index in [9.17, 15) is 14.7 Å². The summed E-state index contributed by atoms with van der Waals surface area (Å²) in [5.74, 6) is -8.04. The van der Waals surface area contributed by atoms with Gasteiger partial charge in [-0.15, -0.1) is 0 Å². The van der Waals surface area contributed by atoms with E-state index in [1.165, 1.54) is 70.3 Å². The van der Waals surface area contributed by atoms with Gasteiger partial charge in [-0.1, -0.05) is 124 Å². The van der Waals surface area contributed by atoms with Crippen molar-refractivity contribution < 1.29 is 27.8 Å². The van der Waals surface area contributed by atoms with E-state index >= 15 is 8.78 Å². The third-order valence-corrected chi connectivity index (χ3v) is 14.4. The number of halogens is 2. The molecule has 1 aliphatic rings. The largest absolute Gasteiger partial charge is 0.481 e. The fraction of sp³-hybridized carbons (Fsp3) is 0.853. The summed E-state index contributed by atoms with van der Waals surface area (Å²) in [5, 5.41) is 10.0. The number of hydrogen-bond donors (Lipinski definition) is 2. The molecule has 11 heteroatoms. The molecule has 2 rings (SSSR count). The Balaban J connectivity index is 1.96. The molecule has 1 fully saturated rings. The molecule has 2 unspecified atom stereocenters. The highest BCUT2D eigenvalue weighted by Crippen LogP contribution is 2.51. The first kappa shape index (κ1) is 39.3. The number of alkyl halides is 2. The fourth-order valence-electron chi connectivity index (χ4n) is 5.98. The molecule has 0 bridgehead atoms. The molecule has 0 radical (unpaired) electrons. The monoisotopic (exact) mass is 657 g/mol. The average molecular weight is 658 g/mol. The highest BCUT2D eigenvalue weighted by Gasteiger charge is 2.63. The summed E-state index contributed by atoms with van der Waals surface area (Å²) in [6.45, 7) is 12.2. The fourth-order valence-corrected chi connectivity index (χ4v) is 6.99. The summed E-state index contributed by atoms with van der Waals surface area (Å²) in [4.78, 5) is 28.6. The summed E-state index contributed by atoms with van der Waals surface area (Å²) >= 11 is 0. The Morgan fingerprint density at radius 1 is 1.02 bits per heavy atom. The van der Waals surface area contributed by atoms with Crippen LogP contribution in [-0.2, 0) is 14.0 Å². The molecule has 1 aromatic heterocycles. The molecule has 4 atom stereocenters. The molecular weight excluding hydrogens is 596 g/mol. The molecule has 0 spiro atoms. The first-order valence-electron chi connectivity index (χ1n) is 17.4. The summed E-state index contributed by atoms with van der Waals surface area (Å²) in [6, 6.07) is 1.25. The zero-order valence-electron chi connectivity index (χ0n) is 28.8. The number of nitrogens with zero attached hydrogens (tertiary/aromatic N) is 2. The number of aliphatic carboxylic acids is 1. The van der Waals surface area contributed by atoms with Crippen LogP contribution >= 0.6 is 0 Å². The van der Waals surface area contributed by atoms with Gasteiger partial charge in [-0.05, 0) is 30.6 Å². The molecule has 2 heterocycles. The Labute approximate surface area is 271 Å². The molecule has 0 aliphatic carbocycles. The molecule has 260 valence electrons. The van der Waals surface area contributed by atoms with Gasteiger partial charge < -0.3 is 20.0 Å². The quantitative estimate of drug-likeness (QED) is 0.0944. The Hall–Kier alpha value is -1.85. The van der Waals surface area contributed by atoms with Crippen molar-refractivity contribution >= 4 is 20.1 Å². The van der Waals surface area contributed by atoms with Crippen LogP contribution in [0.3, 0.4) is 0 Å². The molecule has 1 aromatic rings. The maximum atomic E-state index is 16.2.